The van der Waals surface area contributed by atoms with Gasteiger partial charge in [0.05, 0.1) is 0 Å². The lowest BCUT2D eigenvalue weighted by atomic mass is 10.0. The van der Waals surface area contributed by atoms with E-state index < -0.39 is 11.6 Å². The number of nitrogens with zero attached hydrogens (tertiary/aromatic N) is 1. The molecule has 0 aliphatic rings. The maximum Gasteiger partial charge on any atom is 0.223 e. The molecular formula is C18H20F2N2O. The van der Waals surface area contributed by atoms with Gasteiger partial charge in [-0.1, -0.05) is 30.3 Å². The third-order valence-electron chi connectivity index (χ3n) is 3.55. The summed E-state index contributed by atoms with van der Waals surface area (Å²) in [5.74, 6) is -1.23. The number of amides is 1. The summed E-state index contributed by atoms with van der Waals surface area (Å²) in [6, 6.07) is 12.7. The van der Waals surface area contributed by atoms with E-state index in [0.717, 1.165) is 11.6 Å². The predicted molar refractivity (Wildman–Crippen MR) is 85.7 cm³/mol. The van der Waals surface area contributed by atoms with Crippen molar-refractivity contribution in [2.45, 2.75) is 19.0 Å². The monoisotopic (exact) mass is 318 g/mol. The molecule has 0 bridgehead atoms. The first-order chi connectivity index (χ1) is 11.0. The van der Waals surface area contributed by atoms with Crippen LogP contribution in [-0.4, -0.2) is 24.9 Å². The van der Waals surface area contributed by atoms with Crippen LogP contribution in [0.2, 0.25) is 0 Å². The molecule has 1 N–H and O–H groups in total. The number of hydrogen-bond acceptors (Lipinski definition) is 2. The molecule has 0 aromatic heterocycles. The Hall–Kier alpha value is -2.27. The predicted octanol–water partition coefficient (Wildman–Crippen LogP) is 3.27. The molecular weight excluding hydrogens is 298 g/mol. The van der Waals surface area contributed by atoms with Crippen molar-refractivity contribution in [2.24, 2.45) is 0 Å². The summed E-state index contributed by atoms with van der Waals surface area (Å²) in [5.41, 5.74) is 1.46. The SMILES string of the molecule is CN(C)C(=O)C[C@@H](NCc1cc(F)cc(F)c1)c1ccccc1. The smallest absolute Gasteiger partial charge is 0.223 e. The summed E-state index contributed by atoms with van der Waals surface area (Å²) in [7, 11) is 3.40. The largest absolute Gasteiger partial charge is 0.349 e. The number of carbonyl (C=O) groups excluding carboxylic acids is 1. The molecule has 0 saturated carbocycles. The third kappa shape index (κ3) is 5.14. The Morgan fingerprint density at radius 3 is 2.26 bits per heavy atom. The standard InChI is InChI=1S/C18H20F2N2O/c1-22(2)18(23)11-17(14-6-4-3-5-7-14)21-12-13-8-15(19)10-16(20)9-13/h3-10,17,21H,11-12H2,1-2H3/t17-/m1/s1. The Morgan fingerprint density at radius 1 is 1.09 bits per heavy atom. The van der Waals surface area contributed by atoms with E-state index >= 15 is 0 Å². The van der Waals surface area contributed by atoms with Crippen LogP contribution in [-0.2, 0) is 11.3 Å². The van der Waals surface area contributed by atoms with Gasteiger partial charge in [-0.2, -0.15) is 0 Å². The van der Waals surface area contributed by atoms with Crippen molar-refractivity contribution in [3.05, 3.63) is 71.3 Å². The molecule has 0 aliphatic heterocycles. The highest BCUT2D eigenvalue weighted by atomic mass is 19.1. The highest BCUT2D eigenvalue weighted by Gasteiger charge is 2.17. The van der Waals surface area contributed by atoms with Crippen LogP contribution in [0.15, 0.2) is 48.5 Å². The van der Waals surface area contributed by atoms with Crippen LogP contribution in [0, 0.1) is 11.6 Å². The third-order valence-corrected chi connectivity index (χ3v) is 3.55. The highest BCUT2D eigenvalue weighted by molar-refractivity contribution is 5.76. The fraction of sp³-hybridized carbons (Fsp3) is 0.278. The minimum absolute atomic E-state index is 0.0169. The molecule has 0 spiro atoms. The zero-order valence-electron chi connectivity index (χ0n) is 13.2. The molecule has 0 saturated heterocycles. The van der Waals surface area contributed by atoms with Crippen LogP contribution in [0.5, 0.6) is 0 Å². The van der Waals surface area contributed by atoms with E-state index in [9.17, 15) is 13.6 Å². The van der Waals surface area contributed by atoms with Gasteiger partial charge in [-0.05, 0) is 23.3 Å². The van der Waals surface area contributed by atoms with E-state index in [1.165, 1.54) is 17.0 Å². The van der Waals surface area contributed by atoms with Gasteiger partial charge in [0.2, 0.25) is 5.91 Å². The van der Waals surface area contributed by atoms with Gasteiger partial charge in [-0.25, -0.2) is 8.78 Å². The summed E-state index contributed by atoms with van der Waals surface area (Å²) >= 11 is 0. The van der Waals surface area contributed by atoms with Crippen molar-refractivity contribution in [2.75, 3.05) is 14.1 Å². The van der Waals surface area contributed by atoms with E-state index in [0.29, 0.717) is 5.56 Å². The Bertz CT molecular complexity index is 639. The molecule has 23 heavy (non-hydrogen) atoms. The topological polar surface area (TPSA) is 32.3 Å². The van der Waals surface area contributed by atoms with E-state index in [-0.39, 0.29) is 24.9 Å². The zero-order valence-corrected chi connectivity index (χ0v) is 13.2. The molecule has 0 aliphatic carbocycles. The highest BCUT2D eigenvalue weighted by Crippen LogP contribution is 2.18. The van der Waals surface area contributed by atoms with E-state index in [1.54, 1.807) is 14.1 Å². The first-order valence-corrected chi connectivity index (χ1v) is 7.39. The molecule has 0 unspecified atom stereocenters. The van der Waals surface area contributed by atoms with Gasteiger partial charge in [0.1, 0.15) is 11.6 Å². The van der Waals surface area contributed by atoms with Crippen LogP contribution in [0.4, 0.5) is 8.78 Å². The van der Waals surface area contributed by atoms with E-state index in [2.05, 4.69) is 5.32 Å². The Balaban J connectivity index is 2.12. The van der Waals surface area contributed by atoms with Gasteiger partial charge in [0, 0.05) is 39.2 Å². The van der Waals surface area contributed by atoms with Crippen LogP contribution in [0.25, 0.3) is 0 Å². The second kappa shape index (κ2) is 7.83. The van der Waals surface area contributed by atoms with Gasteiger partial charge in [-0.3, -0.25) is 4.79 Å². The number of carbonyl (C=O) groups is 1. The molecule has 1 amide bonds. The summed E-state index contributed by atoms with van der Waals surface area (Å²) in [6.07, 6.45) is 0.273. The molecule has 3 nitrogen and oxygen atoms in total. The maximum atomic E-state index is 13.3. The van der Waals surface area contributed by atoms with Crippen molar-refractivity contribution in [1.82, 2.24) is 10.2 Å². The van der Waals surface area contributed by atoms with Crippen LogP contribution >= 0.6 is 0 Å². The second-order valence-corrected chi connectivity index (χ2v) is 5.61. The number of hydrogen-bond donors (Lipinski definition) is 1. The molecule has 5 heteroatoms. The number of halogens is 2. The van der Waals surface area contributed by atoms with Crippen molar-refractivity contribution in [1.29, 1.82) is 0 Å². The number of benzene rings is 2. The second-order valence-electron chi connectivity index (χ2n) is 5.61. The minimum atomic E-state index is -0.609. The Kier molecular flexibility index (Phi) is 5.82. The summed E-state index contributed by atoms with van der Waals surface area (Å²) in [5, 5.41) is 3.21. The first kappa shape index (κ1) is 17.1. The average Bonchev–Trinajstić information content (AvgIpc) is 2.51. The van der Waals surface area contributed by atoms with Gasteiger partial charge < -0.3 is 10.2 Å². The minimum Gasteiger partial charge on any atom is -0.349 e. The van der Waals surface area contributed by atoms with E-state index in [4.69, 9.17) is 0 Å². The average molecular weight is 318 g/mol. The van der Waals surface area contributed by atoms with Crippen molar-refractivity contribution >= 4 is 5.91 Å². The molecule has 2 aromatic rings. The van der Waals surface area contributed by atoms with Gasteiger partial charge in [0.25, 0.3) is 0 Å². The molecule has 0 radical (unpaired) electrons. The number of rotatable bonds is 6. The molecule has 2 rings (SSSR count). The summed E-state index contributed by atoms with van der Waals surface area (Å²) in [4.78, 5) is 13.5. The van der Waals surface area contributed by atoms with Gasteiger partial charge in [0.15, 0.2) is 0 Å². The summed E-state index contributed by atoms with van der Waals surface area (Å²) < 4.78 is 26.5. The maximum absolute atomic E-state index is 13.3. The Labute approximate surface area is 134 Å². The molecule has 1 atom stereocenters. The van der Waals surface area contributed by atoms with E-state index in [1.807, 2.05) is 30.3 Å². The quantitative estimate of drug-likeness (QED) is 0.886. The Morgan fingerprint density at radius 2 is 1.70 bits per heavy atom. The fourth-order valence-electron chi connectivity index (χ4n) is 2.30. The molecule has 122 valence electrons. The van der Waals surface area contributed by atoms with Gasteiger partial charge >= 0.3 is 0 Å². The fourth-order valence-corrected chi connectivity index (χ4v) is 2.30. The van der Waals surface area contributed by atoms with Crippen LogP contribution in [0.3, 0.4) is 0 Å². The molecule has 2 aromatic carbocycles. The van der Waals surface area contributed by atoms with Crippen molar-refractivity contribution in [3.8, 4) is 0 Å². The summed E-state index contributed by atoms with van der Waals surface area (Å²) in [6.45, 7) is 0.273. The van der Waals surface area contributed by atoms with Crippen LogP contribution in [0.1, 0.15) is 23.6 Å². The first-order valence-electron chi connectivity index (χ1n) is 7.39. The lowest BCUT2D eigenvalue weighted by Gasteiger charge is -2.21. The zero-order chi connectivity index (χ0) is 16.8. The van der Waals surface area contributed by atoms with Gasteiger partial charge in [-0.15, -0.1) is 0 Å². The lowest BCUT2D eigenvalue weighted by molar-refractivity contribution is -0.129. The lowest BCUT2D eigenvalue weighted by Crippen LogP contribution is -2.29. The number of nitrogens with one attached hydrogen (secondary N) is 1. The normalized spacial score (nSPS) is 12.0. The molecule has 0 fully saturated rings. The van der Waals surface area contributed by atoms with Crippen molar-refractivity contribution in [3.63, 3.8) is 0 Å². The van der Waals surface area contributed by atoms with Crippen molar-refractivity contribution < 1.29 is 13.6 Å². The molecule has 0 heterocycles. The van der Waals surface area contributed by atoms with Crippen LogP contribution < -0.4 is 5.32 Å².